The zero-order chi connectivity index (χ0) is 17.3. The SMILES string of the molecule is O=C(OCc1ccccc1)[C@@H]1CC/C(=N/OCc2ccccc2)CN1. The molecule has 1 atom stereocenters. The lowest BCUT2D eigenvalue weighted by atomic mass is 10.0. The van der Waals surface area contributed by atoms with Gasteiger partial charge in [-0.2, -0.15) is 0 Å². The van der Waals surface area contributed by atoms with Crippen molar-refractivity contribution in [1.29, 1.82) is 0 Å². The highest BCUT2D eigenvalue weighted by atomic mass is 16.6. The predicted molar refractivity (Wildman–Crippen MR) is 95.9 cm³/mol. The number of esters is 1. The van der Waals surface area contributed by atoms with Gasteiger partial charge >= 0.3 is 5.97 Å². The summed E-state index contributed by atoms with van der Waals surface area (Å²) in [5.74, 6) is -0.215. The monoisotopic (exact) mass is 338 g/mol. The maximum Gasteiger partial charge on any atom is 0.323 e. The van der Waals surface area contributed by atoms with E-state index in [1.54, 1.807) is 0 Å². The highest BCUT2D eigenvalue weighted by molar-refractivity contribution is 5.89. The third-order valence-electron chi connectivity index (χ3n) is 4.05. The van der Waals surface area contributed by atoms with Crippen LogP contribution in [-0.4, -0.2) is 24.3 Å². The fraction of sp³-hybridized carbons (Fsp3) is 0.300. The first-order chi connectivity index (χ1) is 12.3. The van der Waals surface area contributed by atoms with Gasteiger partial charge in [-0.05, 0) is 24.0 Å². The second-order valence-electron chi connectivity index (χ2n) is 5.98. The number of piperidine rings is 1. The summed E-state index contributed by atoms with van der Waals surface area (Å²) >= 11 is 0. The molecule has 1 fully saturated rings. The van der Waals surface area contributed by atoms with E-state index in [2.05, 4.69) is 10.5 Å². The second-order valence-corrected chi connectivity index (χ2v) is 5.98. The van der Waals surface area contributed by atoms with Gasteiger partial charge in [0.25, 0.3) is 0 Å². The highest BCUT2D eigenvalue weighted by Crippen LogP contribution is 2.10. The zero-order valence-corrected chi connectivity index (χ0v) is 14.1. The van der Waals surface area contributed by atoms with Crippen LogP contribution in [0.2, 0.25) is 0 Å². The molecule has 130 valence electrons. The Morgan fingerprint density at radius 1 is 1.00 bits per heavy atom. The smallest absolute Gasteiger partial charge is 0.323 e. The molecule has 0 spiro atoms. The van der Waals surface area contributed by atoms with Crippen LogP contribution >= 0.6 is 0 Å². The Labute approximate surface area is 147 Å². The molecule has 0 radical (unpaired) electrons. The molecular weight excluding hydrogens is 316 g/mol. The van der Waals surface area contributed by atoms with Gasteiger partial charge in [0.15, 0.2) is 0 Å². The maximum atomic E-state index is 12.1. The first-order valence-electron chi connectivity index (χ1n) is 8.47. The minimum absolute atomic E-state index is 0.215. The summed E-state index contributed by atoms with van der Waals surface area (Å²) in [5, 5.41) is 7.34. The molecular formula is C20H22N2O3. The van der Waals surface area contributed by atoms with E-state index < -0.39 is 0 Å². The maximum absolute atomic E-state index is 12.1. The number of carbonyl (C=O) groups is 1. The Hall–Kier alpha value is -2.66. The topological polar surface area (TPSA) is 59.9 Å². The van der Waals surface area contributed by atoms with Gasteiger partial charge in [-0.3, -0.25) is 10.1 Å². The van der Waals surface area contributed by atoms with Crippen molar-refractivity contribution in [3.05, 3.63) is 71.8 Å². The zero-order valence-electron chi connectivity index (χ0n) is 14.1. The highest BCUT2D eigenvalue weighted by Gasteiger charge is 2.25. The van der Waals surface area contributed by atoms with E-state index in [0.29, 0.717) is 26.2 Å². The quantitative estimate of drug-likeness (QED) is 0.650. The molecule has 0 bridgehead atoms. The van der Waals surface area contributed by atoms with Crippen LogP contribution in [0.1, 0.15) is 24.0 Å². The third kappa shape index (κ3) is 5.43. The van der Waals surface area contributed by atoms with Crippen molar-refractivity contribution in [2.24, 2.45) is 5.16 Å². The van der Waals surface area contributed by atoms with Gasteiger partial charge in [0.05, 0.1) is 5.71 Å². The van der Waals surface area contributed by atoms with E-state index in [4.69, 9.17) is 9.57 Å². The molecule has 1 saturated heterocycles. The summed E-state index contributed by atoms with van der Waals surface area (Å²) in [6, 6.07) is 19.3. The van der Waals surface area contributed by atoms with Crippen molar-refractivity contribution in [3.63, 3.8) is 0 Å². The number of oxime groups is 1. The van der Waals surface area contributed by atoms with Crippen LogP contribution in [0, 0.1) is 0 Å². The number of carbonyl (C=O) groups excluding carboxylic acids is 1. The number of nitrogens with zero attached hydrogens (tertiary/aromatic N) is 1. The summed E-state index contributed by atoms with van der Waals surface area (Å²) in [6.45, 7) is 1.30. The predicted octanol–water partition coefficient (Wildman–Crippen LogP) is 3.05. The molecule has 0 aliphatic carbocycles. The molecule has 25 heavy (non-hydrogen) atoms. The molecule has 0 saturated carbocycles. The van der Waals surface area contributed by atoms with Crippen molar-refractivity contribution >= 4 is 11.7 Å². The van der Waals surface area contributed by atoms with Crippen molar-refractivity contribution in [3.8, 4) is 0 Å². The third-order valence-corrected chi connectivity index (χ3v) is 4.05. The van der Waals surface area contributed by atoms with Crippen molar-refractivity contribution in [2.75, 3.05) is 6.54 Å². The fourth-order valence-corrected chi connectivity index (χ4v) is 2.62. The van der Waals surface area contributed by atoms with Crippen molar-refractivity contribution in [2.45, 2.75) is 32.1 Å². The summed E-state index contributed by atoms with van der Waals surface area (Å²) in [6.07, 6.45) is 1.40. The van der Waals surface area contributed by atoms with Gasteiger partial charge in [-0.15, -0.1) is 0 Å². The number of benzene rings is 2. The molecule has 1 heterocycles. The molecule has 2 aromatic rings. The minimum atomic E-state index is -0.281. The van der Waals surface area contributed by atoms with Crippen LogP contribution in [0.15, 0.2) is 65.8 Å². The van der Waals surface area contributed by atoms with Crippen molar-refractivity contribution < 1.29 is 14.4 Å². The summed E-state index contributed by atoms with van der Waals surface area (Å²) in [5.41, 5.74) is 2.99. The van der Waals surface area contributed by atoms with E-state index in [-0.39, 0.29) is 12.0 Å². The van der Waals surface area contributed by atoms with E-state index in [1.165, 1.54) is 0 Å². The number of hydrogen-bond acceptors (Lipinski definition) is 5. The van der Waals surface area contributed by atoms with E-state index in [1.807, 2.05) is 60.7 Å². The molecule has 2 aromatic carbocycles. The van der Waals surface area contributed by atoms with Crippen LogP contribution in [0.3, 0.4) is 0 Å². The molecule has 1 aliphatic rings. The fourth-order valence-electron chi connectivity index (χ4n) is 2.62. The summed E-state index contributed by atoms with van der Waals surface area (Å²) < 4.78 is 5.37. The number of rotatable bonds is 6. The van der Waals surface area contributed by atoms with Crippen LogP contribution in [0.4, 0.5) is 0 Å². The lowest BCUT2D eigenvalue weighted by Gasteiger charge is -2.23. The normalized spacial score (nSPS) is 18.7. The molecule has 1 aliphatic heterocycles. The van der Waals surface area contributed by atoms with E-state index in [9.17, 15) is 4.79 Å². The van der Waals surface area contributed by atoms with Crippen LogP contribution in [-0.2, 0) is 27.6 Å². The minimum Gasteiger partial charge on any atom is -0.460 e. The molecule has 0 aromatic heterocycles. The van der Waals surface area contributed by atoms with Gasteiger partial charge in [0.1, 0.15) is 19.3 Å². The van der Waals surface area contributed by atoms with Gasteiger partial charge in [-0.1, -0.05) is 65.8 Å². The lowest BCUT2D eigenvalue weighted by molar-refractivity contribution is -0.147. The van der Waals surface area contributed by atoms with Gasteiger partial charge in [0, 0.05) is 6.54 Å². The Balaban J connectivity index is 1.39. The van der Waals surface area contributed by atoms with Gasteiger partial charge in [0.2, 0.25) is 0 Å². The Kier molecular flexibility index (Phi) is 6.17. The summed E-state index contributed by atoms with van der Waals surface area (Å²) in [7, 11) is 0. The molecule has 3 rings (SSSR count). The van der Waals surface area contributed by atoms with Crippen LogP contribution in [0.25, 0.3) is 0 Å². The number of ether oxygens (including phenoxy) is 1. The summed E-state index contributed by atoms with van der Waals surface area (Å²) in [4.78, 5) is 17.5. The van der Waals surface area contributed by atoms with Gasteiger partial charge < -0.3 is 9.57 Å². The van der Waals surface area contributed by atoms with Crippen molar-refractivity contribution in [1.82, 2.24) is 5.32 Å². The van der Waals surface area contributed by atoms with E-state index in [0.717, 1.165) is 23.3 Å². The molecule has 5 heteroatoms. The molecule has 5 nitrogen and oxygen atoms in total. The van der Waals surface area contributed by atoms with Crippen LogP contribution < -0.4 is 5.32 Å². The molecule has 0 unspecified atom stereocenters. The molecule has 1 N–H and O–H groups in total. The number of hydrogen-bond donors (Lipinski definition) is 1. The first kappa shape index (κ1) is 17.2. The van der Waals surface area contributed by atoms with Gasteiger partial charge in [-0.25, -0.2) is 0 Å². The van der Waals surface area contributed by atoms with Crippen LogP contribution in [0.5, 0.6) is 0 Å². The average Bonchev–Trinajstić information content (AvgIpc) is 2.68. The largest absolute Gasteiger partial charge is 0.460 e. The lowest BCUT2D eigenvalue weighted by Crippen LogP contribution is -2.45. The Morgan fingerprint density at radius 2 is 1.64 bits per heavy atom. The number of nitrogens with one attached hydrogen (secondary N) is 1. The second kappa shape index (κ2) is 8.99. The average molecular weight is 338 g/mol. The standard InChI is InChI=1S/C20H22N2O3/c23-20(24-14-16-7-3-1-4-8-16)19-12-11-18(13-21-19)22-25-15-17-9-5-2-6-10-17/h1-10,19,21H,11-15H2/b22-18-/t19-/m0/s1. The first-order valence-corrected chi connectivity index (χ1v) is 8.47. The Bertz CT molecular complexity index is 691. The molecule has 0 amide bonds. The Morgan fingerprint density at radius 3 is 2.24 bits per heavy atom. The van der Waals surface area contributed by atoms with E-state index >= 15 is 0 Å².